The van der Waals surface area contributed by atoms with Crippen molar-refractivity contribution in [1.82, 2.24) is 0 Å². The Morgan fingerprint density at radius 3 is 2.28 bits per heavy atom. The first-order chi connectivity index (χ1) is 8.09. The zero-order valence-electron chi connectivity index (χ0n) is 13.3. The molecule has 2 atom stereocenters. The van der Waals surface area contributed by atoms with Crippen LogP contribution in [0.4, 0.5) is 0 Å². The molecule has 0 spiro atoms. The minimum absolute atomic E-state index is 0.235. The van der Waals surface area contributed by atoms with Crippen molar-refractivity contribution in [2.24, 2.45) is 11.8 Å². The molecule has 0 bridgehead atoms. The van der Waals surface area contributed by atoms with E-state index in [0.717, 1.165) is 6.42 Å². The lowest BCUT2D eigenvalue weighted by molar-refractivity contribution is 0.0759. The van der Waals surface area contributed by atoms with Gasteiger partial charge in [0.05, 0.1) is 0 Å². The van der Waals surface area contributed by atoms with E-state index in [1.807, 2.05) is 0 Å². The van der Waals surface area contributed by atoms with Crippen molar-refractivity contribution in [2.75, 3.05) is 0 Å². The first-order valence-electron chi connectivity index (χ1n) is 7.27. The molecule has 1 rings (SSSR count). The zero-order valence-corrected chi connectivity index (χ0v) is 14.3. The van der Waals surface area contributed by atoms with Gasteiger partial charge in [0, 0.05) is 0 Å². The molecule has 18 heavy (non-hydrogen) atoms. The number of rotatable bonds is 4. The van der Waals surface area contributed by atoms with Crippen LogP contribution in [0.2, 0.25) is 18.1 Å². The minimum Gasteiger partial charge on any atom is -0.400 e. The lowest BCUT2D eigenvalue weighted by Crippen LogP contribution is -2.52. The predicted octanol–water partition coefficient (Wildman–Crippen LogP) is 4.84. The van der Waals surface area contributed by atoms with E-state index >= 15 is 0 Å². The maximum absolute atomic E-state index is 6.68. The lowest BCUT2D eigenvalue weighted by atomic mass is 9.94. The minimum atomic E-state index is -1.84. The highest BCUT2D eigenvalue weighted by atomic mass is 28.4. The molecule has 0 aromatic heterocycles. The summed E-state index contributed by atoms with van der Waals surface area (Å²) < 4.78 is 6.68. The third-order valence-corrected chi connectivity index (χ3v) is 10.2. The summed E-state index contributed by atoms with van der Waals surface area (Å²) in [6, 6.07) is 0. The highest BCUT2D eigenvalue weighted by Crippen LogP contribution is 2.49. The van der Waals surface area contributed by atoms with E-state index in [2.05, 4.69) is 53.6 Å². The van der Waals surface area contributed by atoms with Crippen molar-refractivity contribution in [3.8, 4) is 12.3 Å². The summed E-state index contributed by atoms with van der Waals surface area (Å²) in [5.74, 6) is 4.12. The Hall–Kier alpha value is -0.263. The van der Waals surface area contributed by atoms with Crippen LogP contribution in [0.3, 0.4) is 0 Å². The van der Waals surface area contributed by atoms with Gasteiger partial charge in [-0.1, -0.05) is 40.5 Å². The molecular formula is C16H30OSi. The van der Waals surface area contributed by atoms with Gasteiger partial charge in [-0.25, -0.2) is 0 Å². The van der Waals surface area contributed by atoms with Crippen molar-refractivity contribution in [1.29, 1.82) is 0 Å². The molecule has 1 aliphatic rings. The fourth-order valence-electron chi connectivity index (χ4n) is 2.83. The zero-order chi connectivity index (χ0) is 14.2. The molecule has 1 saturated carbocycles. The molecule has 1 aliphatic carbocycles. The Balaban J connectivity index is 2.98. The largest absolute Gasteiger partial charge is 0.400 e. The molecule has 0 aliphatic heterocycles. The molecule has 2 heteroatoms. The Bertz CT molecular complexity index is 337. The summed E-state index contributed by atoms with van der Waals surface area (Å²) >= 11 is 0. The summed E-state index contributed by atoms with van der Waals surface area (Å²) in [7, 11) is -1.84. The van der Waals surface area contributed by atoms with E-state index < -0.39 is 8.32 Å². The van der Waals surface area contributed by atoms with Gasteiger partial charge in [0.2, 0.25) is 0 Å². The third kappa shape index (κ3) is 2.53. The highest BCUT2D eigenvalue weighted by Gasteiger charge is 2.50. The Kier molecular flexibility index (Phi) is 4.40. The SMILES string of the molecule is C#C[C@@]1(O[Si](C)(C)C(C)(C)C(C)C)CCC[C@H]1C. The van der Waals surface area contributed by atoms with Crippen LogP contribution < -0.4 is 0 Å². The molecule has 0 aromatic carbocycles. The van der Waals surface area contributed by atoms with Crippen LogP contribution in [0.1, 0.15) is 53.9 Å². The van der Waals surface area contributed by atoms with E-state index in [-0.39, 0.29) is 10.6 Å². The highest BCUT2D eigenvalue weighted by molar-refractivity contribution is 6.74. The topological polar surface area (TPSA) is 9.23 Å². The van der Waals surface area contributed by atoms with Crippen LogP contribution in [0.25, 0.3) is 0 Å². The number of terminal acetylenes is 1. The van der Waals surface area contributed by atoms with Crippen molar-refractivity contribution in [3.63, 3.8) is 0 Å². The maximum Gasteiger partial charge on any atom is 0.194 e. The van der Waals surface area contributed by atoms with Crippen LogP contribution >= 0.6 is 0 Å². The molecule has 0 amide bonds. The van der Waals surface area contributed by atoms with Crippen LogP contribution in [0, 0.1) is 24.2 Å². The summed E-state index contributed by atoms with van der Waals surface area (Å²) in [6.45, 7) is 16.2. The van der Waals surface area contributed by atoms with Crippen LogP contribution in [0.5, 0.6) is 0 Å². The fraction of sp³-hybridized carbons (Fsp3) is 0.875. The standard InChI is InChI=1S/C16H30OSi/c1-9-16(12-10-11-14(16)4)17-18(7,8)15(5,6)13(2)3/h1,13-14H,10-12H2,2-8H3/t14-,16-/m1/s1. The number of hydrogen-bond donors (Lipinski definition) is 0. The monoisotopic (exact) mass is 266 g/mol. The van der Waals surface area contributed by atoms with Crippen molar-refractivity contribution >= 4 is 8.32 Å². The quantitative estimate of drug-likeness (QED) is 0.523. The molecule has 0 radical (unpaired) electrons. The molecule has 0 unspecified atom stereocenters. The maximum atomic E-state index is 6.68. The molecular weight excluding hydrogens is 236 g/mol. The van der Waals surface area contributed by atoms with Gasteiger partial charge >= 0.3 is 0 Å². The van der Waals surface area contributed by atoms with Gasteiger partial charge in [0.15, 0.2) is 8.32 Å². The van der Waals surface area contributed by atoms with Gasteiger partial charge in [-0.05, 0) is 49.2 Å². The summed E-state index contributed by atoms with van der Waals surface area (Å²) in [5.41, 5.74) is -0.290. The second-order valence-electron chi connectivity index (χ2n) is 7.32. The van der Waals surface area contributed by atoms with E-state index in [1.165, 1.54) is 12.8 Å². The molecule has 1 fully saturated rings. The average Bonchev–Trinajstić information content (AvgIpc) is 2.59. The smallest absolute Gasteiger partial charge is 0.194 e. The van der Waals surface area contributed by atoms with Crippen LogP contribution in [-0.2, 0) is 4.43 Å². The third-order valence-electron chi connectivity index (χ3n) is 5.66. The van der Waals surface area contributed by atoms with Gasteiger partial charge in [-0.15, -0.1) is 6.42 Å². The van der Waals surface area contributed by atoms with Gasteiger partial charge < -0.3 is 4.43 Å². The van der Waals surface area contributed by atoms with Gasteiger partial charge in [-0.3, -0.25) is 0 Å². The second kappa shape index (κ2) is 5.02. The number of hydrogen-bond acceptors (Lipinski definition) is 1. The molecule has 104 valence electrons. The van der Waals surface area contributed by atoms with E-state index in [4.69, 9.17) is 10.8 Å². The predicted molar refractivity (Wildman–Crippen MR) is 82.0 cm³/mol. The van der Waals surface area contributed by atoms with E-state index in [1.54, 1.807) is 0 Å². The first kappa shape index (κ1) is 15.8. The van der Waals surface area contributed by atoms with Crippen LogP contribution in [0.15, 0.2) is 0 Å². The fourth-order valence-corrected chi connectivity index (χ4v) is 5.75. The Morgan fingerprint density at radius 1 is 1.39 bits per heavy atom. The Labute approximate surface area is 115 Å². The molecule has 0 saturated heterocycles. The molecule has 1 nitrogen and oxygen atoms in total. The average molecular weight is 267 g/mol. The molecule has 0 heterocycles. The summed E-state index contributed by atoms with van der Waals surface area (Å²) in [6.07, 6.45) is 9.28. The van der Waals surface area contributed by atoms with Gasteiger partial charge in [-0.2, -0.15) is 0 Å². The van der Waals surface area contributed by atoms with E-state index in [9.17, 15) is 0 Å². The Morgan fingerprint density at radius 2 is 1.94 bits per heavy atom. The van der Waals surface area contributed by atoms with E-state index in [0.29, 0.717) is 11.8 Å². The molecule has 0 N–H and O–H groups in total. The lowest BCUT2D eigenvalue weighted by Gasteiger charge is -2.47. The van der Waals surface area contributed by atoms with Crippen molar-refractivity contribution in [2.45, 2.75) is 77.6 Å². The normalized spacial score (nSPS) is 29.6. The van der Waals surface area contributed by atoms with Gasteiger partial charge in [0.1, 0.15) is 5.60 Å². The van der Waals surface area contributed by atoms with Crippen LogP contribution in [-0.4, -0.2) is 13.9 Å². The molecule has 0 aromatic rings. The summed E-state index contributed by atoms with van der Waals surface area (Å²) in [4.78, 5) is 0. The van der Waals surface area contributed by atoms with Crippen molar-refractivity contribution in [3.05, 3.63) is 0 Å². The van der Waals surface area contributed by atoms with Crippen molar-refractivity contribution < 1.29 is 4.43 Å². The first-order valence-corrected chi connectivity index (χ1v) is 10.2. The summed E-state index contributed by atoms with van der Waals surface area (Å²) in [5, 5.41) is 0.235. The van der Waals surface area contributed by atoms with Gasteiger partial charge in [0.25, 0.3) is 0 Å². The second-order valence-corrected chi connectivity index (χ2v) is 11.8.